The van der Waals surface area contributed by atoms with Gasteiger partial charge in [0, 0.05) is 12.1 Å². The lowest BCUT2D eigenvalue weighted by molar-refractivity contribution is -0.384. The molecule has 0 aliphatic carbocycles. The molecular formula is C27H22IN3O6. The summed E-state index contributed by atoms with van der Waals surface area (Å²) < 4.78 is 17.5. The number of nitrogens with one attached hydrogen (secondary N) is 1. The first-order chi connectivity index (χ1) is 17.9. The number of nitro groups is 1. The zero-order valence-corrected chi connectivity index (χ0v) is 22.1. The first-order valence-electron chi connectivity index (χ1n) is 11.0. The van der Waals surface area contributed by atoms with Gasteiger partial charge in [0.05, 0.1) is 34.5 Å². The van der Waals surface area contributed by atoms with Crippen LogP contribution in [-0.4, -0.2) is 31.3 Å². The number of hydrogen-bond acceptors (Lipinski definition) is 7. The fourth-order valence-corrected chi connectivity index (χ4v) is 4.44. The number of amides is 1. The number of nitro benzene ring substituents is 1. The van der Waals surface area contributed by atoms with E-state index in [1.807, 2.05) is 36.4 Å². The zero-order valence-electron chi connectivity index (χ0n) is 19.9. The second-order valence-corrected chi connectivity index (χ2v) is 9.01. The highest BCUT2D eigenvalue weighted by atomic mass is 127. The molecule has 0 aliphatic rings. The number of fused-ring (bicyclic) bond motifs is 1. The molecular weight excluding hydrogens is 589 g/mol. The Bertz CT molecular complexity index is 1510. The Kier molecular flexibility index (Phi) is 8.18. The molecule has 10 heteroatoms. The van der Waals surface area contributed by atoms with Gasteiger partial charge in [-0.25, -0.2) is 5.43 Å². The van der Waals surface area contributed by atoms with Gasteiger partial charge in [0.2, 0.25) is 0 Å². The largest absolute Gasteiger partial charge is 0.496 e. The molecule has 0 fully saturated rings. The number of halogens is 1. The van der Waals surface area contributed by atoms with E-state index in [0.717, 1.165) is 14.3 Å². The minimum absolute atomic E-state index is 0.00215. The zero-order chi connectivity index (χ0) is 26.4. The van der Waals surface area contributed by atoms with E-state index in [0.29, 0.717) is 33.9 Å². The average molecular weight is 611 g/mol. The molecule has 1 amide bonds. The molecule has 188 valence electrons. The number of rotatable bonds is 9. The summed E-state index contributed by atoms with van der Waals surface area (Å²) in [6.45, 7) is 0.130. The number of ether oxygens (including phenoxy) is 3. The third kappa shape index (κ3) is 6.15. The van der Waals surface area contributed by atoms with Crippen LogP contribution in [0, 0.1) is 13.7 Å². The van der Waals surface area contributed by atoms with Crippen molar-refractivity contribution >= 4 is 51.2 Å². The van der Waals surface area contributed by atoms with Crippen LogP contribution in [0.3, 0.4) is 0 Å². The normalized spacial score (nSPS) is 10.9. The number of hydrazone groups is 1. The lowest BCUT2D eigenvalue weighted by Crippen LogP contribution is -2.18. The number of carbonyl (C=O) groups is 1. The Morgan fingerprint density at radius 1 is 1.00 bits per heavy atom. The van der Waals surface area contributed by atoms with Crippen LogP contribution in [0.1, 0.15) is 21.5 Å². The second kappa shape index (κ2) is 11.7. The van der Waals surface area contributed by atoms with Crippen LogP contribution in [0.4, 0.5) is 5.69 Å². The molecule has 0 radical (unpaired) electrons. The highest BCUT2D eigenvalue weighted by Crippen LogP contribution is 2.34. The predicted octanol–water partition coefficient (Wildman–Crippen LogP) is 5.71. The van der Waals surface area contributed by atoms with Gasteiger partial charge < -0.3 is 14.2 Å². The summed E-state index contributed by atoms with van der Waals surface area (Å²) >= 11 is 2.11. The van der Waals surface area contributed by atoms with E-state index >= 15 is 0 Å². The summed E-state index contributed by atoms with van der Waals surface area (Å²) in [5.41, 5.74) is 4.24. The van der Waals surface area contributed by atoms with Gasteiger partial charge in [-0.2, -0.15) is 5.10 Å². The van der Waals surface area contributed by atoms with Crippen molar-refractivity contribution in [2.24, 2.45) is 5.10 Å². The maximum Gasteiger partial charge on any atom is 0.275 e. The van der Waals surface area contributed by atoms with E-state index in [2.05, 4.69) is 33.1 Å². The van der Waals surface area contributed by atoms with Crippen LogP contribution >= 0.6 is 22.6 Å². The number of methoxy groups -OCH3 is 2. The van der Waals surface area contributed by atoms with Gasteiger partial charge in [0.15, 0.2) is 11.5 Å². The predicted molar refractivity (Wildman–Crippen MR) is 149 cm³/mol. The highest BCUT2D eigenvalue weighted by Gasteiger charge is 2.15. The monoisotopic (exact) mass is 611 g/mol. The summed E-state index contributed by atoms with van der Waals surface area (Å²) in [6.07, 6.45) is 1.50. The van der Waals surface area contributed by atoms with Gasteiger partial charge in [-0.05, 0) is 68.8 Å². The van der Waals surface area contributed by atoms with E-state index in [9.17, 15) is 14.9 Å². The number of carbonyl (C=O) groups excluding carboxylic acids is 1. The standard InChI is InChI=1S/C27H22IN3O6/c1-35-24-14-20-8-4-3-7-19(20)13-22(24)27(32)30-29-15-18-11-23(28)26(25(12-18)36-2)37-16-17-6-5-9-21(10-17)31(33)34/h3-15H,16H2,1-2H3,(H,30,32)/b29-15-. The molecule has 0 spiro atoms. The third-order valence-electron chi connectivity index (χ3n) is 5.45. The van der Waals surface area contributed by atoms with Gasteiger partial charge in [0.1, 0.15) is 12.4 Å². The van der Waals surface area contributed by atoms with Crippen LogP contribution in [0.2, 0.25) is 0 Å². The molecule has 0 unspecified atom stereocenters. The molecule has 4 rings (SSSR count). The van der Waals surface area contributed by atoms with Gasteiger partial charge in [-0.3, -0.25) is 14.9 Å². The van der Waals surface area contributed by atoms with Crippen molar-refractivity contribution in [3.05, 3.63) is 103 Å². The first-order valence-corrected chi connectivity index (χ1v) is 12.1. The molecule has 0 atom stereocenters. The molecule has 4 aromatic carbocycles. The van der Waals surface area contributed by atoms with Crippen molar-refractivity contribution < 1.29 is 23.9 Å². The van der Waals surface area contributed by atoms with E-state index in [4.69, 9.17) is 14.2 Å². The number of non-ortho nitro benzene ring substituents is 1. The summed E-state index contributed by atoms with van der Waals surface area (Å²) in [7, 11) is 3.03. The molecule has 0 saturated heterocycles. The fourth-order valence-electron chi connectivity index (χ4n) is 3.66. The van der Waals surface area contributed by atoms with E-state index in [-0.39, 0.29) is 12.3 Å². The van der Waals surface area contributed by atoms with E-state index < -0.39 is 10.8 Å². The lowest BCUT2D eigenvalue weighted by atomic mass is 10.1. The van der Waals surface area contributed by atoms with E-state index in [1.54, 1.807) is 24.3 Å². The van der Waals surface area contributed by atoms with Crippen molar-refractivity contribution in [2.45, 2.75) is 6.61 Å². The molecule has 0 heterocycles. The lowest BCUT2D eigenvalue weighted by Gasteiger charge is -2.13. The molecule has 0 aromatic heterocycles. The summed E-state index contributed by atoms with van der Waals surface area (Å²) in [6, 6.07) is 21.1. The van der Waals surface area contributed by atoms with Crippen molar-refractivity contribution in [1.82, 2.24) is 5.43 Å². The van der Waals surface area contributed by atoms with Crippen molar-refractivity contribution in [1.29, 1.82) is 0 Å². The summed E-state index contributed by atoms with van der Waals surface area (Å²) in [5, 5.41) is 17.0. The van der Waals surface area contributed by atoms with Gasteiger partial charge in [-0.15, -0.1) is 0 Å². The molecule has 4 aromatic rings. The van der Waals surface area contributed by atoms with Crippen LogP contribution < -0.4 is 19.6 Å². The summed E-state index contributed by atoms with van der Waals surface area (Å²) in [5.74, 6) is 1.00. The Morgan fingerprint density at radius 2 is 1.73 bits per heavy atom. The molecule has 9 nitrogen and oxygen atoms in total. The quantitative estimate of drug-likeness (QED) is 0.112. The van der Waals surface area contributed by atoms with Gasteiger partial charge in [-0.1, -0.05) is 36.4 Å². The van der Waals surface area contributed by atoms with Crippen molar-refractivity contribution in [3.8, 4) is 17.2 Å². The van der Waals surface area contributed by atoms with E-state index in [1.165, 1.54) is 32.6 Å². The van der Waals surface area contributed by atoms with Crippen LogP contribution in [0.25, 0.3) is 10.8 Å². The average Bonchev–Trinajstić information content (AvgIpc) is 2.91. The molecule has 1 N–H and O–H groups in total. The molecule has 0 saturated carbocycles. The Hall–Kier alpha value is -4.19. The Labute approximate surface area is 226 Å². The fraction of sp³-hybridized carbons (Fsp3) is 0.111. The first kappa shape index (κ1) is 25.9. The minimum atomic E-state index is -0.448. The highest BCUT2D eigenvalue weighted by molar-refractivity contribution is 14.1. The van der Waals surface area contributed by atoms with Gasteiger partial charge in [0.25, 0.3) is 11.6 Å². The van der Waals surface area contributed by atoms with Crippen molar-refractivity contribution in [2.75, 3.05) is 14.2 Å². The topological polar surface area (TPSA) is 112 Å². The number of hydrogen-bond donors (Lipinski definition) is 1. The Balaban J connectivity index is 1.48. The van der Waals surface area contributed by atoms with Crippen molar-refractivity contribution in [3.63, 3.8) is 0 Å². The van der Waals surface area contributed by atoms with Gasteiger partial charge >= 0.3 is 0 Å². The number of benzene rings is 4. The SMILES string of the molecule is COc1cc2ccccc2cc1C(=O)N/N=C\c1cc(I)c(OCc2cccc([N+](=O)[O-])c2)c(OC)c1. The summed E-state index contributed by atoms with van der Waals surface area (Å²) in [4.78, 5) is 23.4. The van der Waals surface area contributed by atoms with Crippen LogP contribution in [-0.2, 0) is 6.61 Å². The maximum absolute atomic E-state index is 12.8. The van der Waals surface area contributed by atoms with Crippen LogP contribution in [0.15, 0.2) is 77.9 Å². The molecule has 0 bridgehead atoms. The molecule has 37 heavy (non-hydrogen) atoms. The molecule has 0 aliphatic heterocycles. The maximum atomic E-state index is 12.8. The Morgan fingerprint density at radius 3 is 2.43 bits per heavy atom. The number of nitrogens with zero attached hydrogens (tertiary/aromatic N) is 2. The van der Waals surface area contributed by atoms with Crippen LogP contribution in [0.5, 0.6) is 17.2 Å². The third-order valence-corrected chi connectivity index (χ3v) is 6.25. The smallest absolute Gasteiger partial charge is 0.275 e. The minimum Gasteiger partial charge on any atom is -0.496 e. The second-order valence-electron chi connectivity index (χ2n) is 7.85.